The van der Waals surface area contributed by atoms with Gasteiger partial charge in [-0.05, 0) is 30.3 Å². The second-order valence-corrected chi connectivity index (χ2v) is 4.91. The van der Waals surface area contributed by atoms with Crippen molar-refractivity contribution in [3.8, 4) is 5.69 Å². The minimum atomic E-state index is -0.178. The molecule has 0 amide bonds. The number of rotatable bonds is 1. The Morgan fingerprint density at radius 1 is 1.17 bits per heavy atom. The van der Waals surface area contributed by atoms with Crippen LogP contribution in [0, 0.1) is 0 Å². The predicted molar refractivity (Wildman–Crippen MR) is 76.0 cm³/mol. The van der Waals surface area contributed by atoms with Gasteiger partial charge in [0, 0.05) is 10.2 Å². The number of H-pyrrole nitrogens is 1. The van der Waals surface area contributed by atoms with Crippen LogP contribution in [-0.2, 0) is 0 Å². The lowest BCUT2D eigenvalue weighted by atomic mass is 10.2. The maximum Gasteiger partial charge on any atom is 0.274 e. The van der Waals surface area contributed by atoms with Gasteiger partial charge >= 0.3 is 0 Å². The van der Waals surface area contributed by atoms with E-state index in [9.17, 15) is 4.79 Å². The van der Waals surface area contributed by atoms with Crippen LogP contribution in [0.3, 0.4) is 0 Å². The SMILES string of the molecule is Nc1cccc2c1c(=O)[nH]n2-c1cccc(Br)c1. The third kappa shape index (κ3) is 1.64. The highest BCUT2D eigenvalue weighted by molar-refractivity contribution is 9.10. The number of nitrogens with one attached hydrogen (secondary N) is 1. The second kappa shape index (κ2) is 4.03. The van der Waals surface area contributed by atoms with Crippen LogP contribution in [0.4, 0.5) is 5.69 Å². The summed E-state index contributed by atoms with van der Waals surface area (Å²) in [6.45, 7) is 0. The Kier molecular flexibility index (Phi) is 2.48. The summed E-state index contributed by atoms with van der Waals surface area (Å²) in [6, 6.07) is 13.1. The average molecular weight is 304 g/mol. The largest absolute Gasteiger partial charge is 0.398 e. The van der Waals surface area contributed by atoms with E-state index in [4.69, 9.17) is 5.73 Å². The molecule has 3 aromatic rings. The van der Waals surface area contributed by atoms with E-state index in [2.05, 4.69) is 21.0 Å². The van der Waals surface area contributed by atoms with Crippen LogP contribution in [0.1, 0.15) is 0 Å². The minimum absolute atomic E-state index is 0.178. The smallest absolute Gasteiger partial charge is 0.274 e. The van der Waals surface area contributed by atoms with E-state index in [0.717, 1.165) is 15.7 Å². The van der Waals surface area contributed by atoms with Crippen LogP contribution < -0.4 is 11.3 Å². The fraction of sp³-hybridized carbons (Fsp3) is 0. The molecule has 1 aromatic heterocycles. The quantitative estimate of drug-likeness (QED) is 0.679. The number of anilines is 1. The number of hydrogen-bond acceptors (Lipinski definition) is 2. The molecular formula is C13H10BrN3O. The van der Waals surface area contributed by atoms with Crippen molar-refractivity contribution < 1.29 is 0 Å². The minimum Gasteiger partial charge on any atom is -0.398 e. The van der Waals surface area contributed by atoms with Crippen LogP contribution in [0.25, 0.3) is 16.6 Å². The molecule has 0 aliphatic carbocycles. The molecule has 0 radical (unpaired) electrons. The van der Waals surface area contributed by atoms with Gasteiger partial charge in [-0.1, -0.05) is 28.1 Å². The zero-order chi connectivity index (χ0) is 12.7. The number of aromatic amines is 1. The average Bonchev–Trinajstić information content (AvgIpc) is 2.68. The van der Waals surface area contributed by atoms with Gasteiger partial charge in [-0.15, -0.1) is 0 Å². The summed E-state index contributed by atoms with van der Waals surface area (Å²) in [7, 11) is 0. The van der Waals surface area contributed by atoms with Crippen molar-refractivity contribution in [3.63, 3.8) is 0 Å². The monoisotopic (exact) mass is 303 g/mol. The van der Waals surface area contributed by atoms with Gasteiger partial charge < -0.3 is 5.73 Å². The molecule has 3 rings (SSSR count). The van der Waals surface area contributed by atoms with Crippen LogP contribution in [0.15, 0.2) is 51.7 Å². The van der Waals surface area contributed by atoms with Gasteiger partial charge in [-0.25, -0.2) is 0 Å². The molecule has 3 N–H and O–H groups in total. The van der Waals surface area contributed by atoms with Gasteiger partial charge in [0.05, 0.1) is 16.6 Å². The molecule has 5 heteroatoms. The highest BCUT2D eigenvalue weighted by Gasteiger charge is 2.10. The molecule has 0 spiro atoms. The normalized spacial score (nSPS) is 10.9. The standard InChI is InChI=1S/C13H10BrN3O/c14-8-3-1-4-9(7-8)17-11-6-2-5-10(15)12(11)13(18)16-17/h1-7H,15H2,(H,16,18). The molecule has 4 nitrogen and oxygen atoms in total. The molecule has 0 bridgehead atoms. The molecule has 1 heterocycles. The van der Waals surface area contributed by atoms with Crippen molar-refractivity contribution in [1.29, 1.82) is 0 Å². The van der Waals surface area contributed by atoms with E-state index in [1.165, 1.54) is 0 Å². The number of hydrogen-bond donors (Lipinski definition) is 2. The molecular weight excluding hydrogens is 294 g/mol. The van der Waals surface area contributed by atoms with Gasteiger partial charge in [-0.3, -0.25) is 14.6 Å². The first-order chi connectivity index (χ1) is 8.66. The van der Waals surface area contributed by atoms with Crippen molar-refractivity contribution in [2.24, 2.45) is 0 Å². The fourth-order valence-electron chi connectivity index (χ4n) is 2.03. The summed E-state index contributed by atoms with van der Waals surface area (Å²) in [5.41, 5.74) is 7.80. The van der Waals surface area contributed by atoms with Crippen LogP contribution in [0.5, 0.6) is 0 Å². The zero-order valence-electron chi connectivity index (χ0n) is 9.35. The first-order valence-electron chi connectivity index (χ1n) is 5.42. The Morgan fingerprint density at radius 3 is 2.72 bits per heavy atom. The van der Waals surface area contributed by atoms with E-state index in [1.54, 1.807) is 10.7 Å². The third-order valence-corrected chi connectivity index (χ3v) is 3.32. The van der Waals surface area contributed by atoms with Gasteiger partial charge in [0.25, 0.3) is 5.56 Å². The maximum absolute atomic E-state index is 11.9. The highest BCUT2D eigenvalue weighted by Crippen LogP contribution is 2.21. The molecule has 0 atom stereocenters. The molecule has 0 unspecified atom stereocenters. The summed E-state index contributed by atoms with van der Waals surface area (Å²) in [4.78, 5) is 11.9. The maximum atomic E-state index is 11.9. The molecule has 0 saturated carbocycles. The van der Waals surface area contributed by atoms with Crippen molar-refractivity contribution >= 4 is 32.5 Å². The Bertz CT molecular complexity index is 788. The van der Waals surface area contributed by atoms with Gasteiger partial charge in [0.2, 0.25) is 0 Å². The summed E-state index contributed by atoms with van der Waals surface area (Å²) in [5, 5.41) is 3.32. The molecule has 0 fully saturated rings. The molecule has 0 aliphatic heterocycles. The van der Waals surface area contributed by atoms with Crippen LogP contribution in [0.2, 0.25) is 0 Å². The number of nitrogen functional groups attached to an aromatic ring is 1. The highest BCUT2D eigenvalue weighted by atomic mass is 79.9. The molecule has 0 aliphatic rings. The summed E-state index contributed by atoms with van der Waals surface area (Å²) < 4.78 is 2.69. The summed E-state index contributed by atoms with van der Waals surface area (Å²) >= 11 is 3.41. The number of nitrogens with zero attached hydrogens (tertiary/aromatic N) is 1. The van der Waals surface area contributed by atoms with Gasteiger partial charge in [-0.2, -0.15) is 0 Å². The second-order valence-electron chi connectivity index (χ2n) is 4.00. The van der Waals surface area contributed by atoms with Gasteiger partial charge in [0.1, 0.15) is 0 Å². The molecule has 90 valence electrons. The van der Waals surface area contributed by atoms with E-state index < -0.39 is 0 Å². The Hall–Kier alpha value is -2.01. The number of benzene rings is 2. The molecule has 2 aromatic carbocycles. The van der Waals surface area contributed by atoms with Gasteiger partial charge in [0.15, 0.2) is 0 Å². The first-order valence-corrected chi connectivity index (χ1v) is 6.21. The van der Waals surface area contributed by atoms with Crippen molar-refractivity contribution in [2.75, 3.05) is 5.73 Å². The lowest BCUT2D eigenvalue weighted by molar-refractivity contribution is 0.890. The van der Waals surface area contributed by atoms with E-state index in [0.29, 0.717) is 11.1 Å². The Morgan fingerprint density at radius 2 is 1.94 bits per heavy atom. The number of nitrogens with two attached hydrogens (primary N) is 1. The number of aromatic nitrogens is 2. The number of fused-ring (bicyclic) bond motifs is 1. The fourth-order valence-corrected chi connectivity index (χ4v) is 2.41. The van der Waals surface area contributed by atoms with E-state index in [1.807, 2.05) is 36.4 Å². The third-order valence-electron chi connectivity index (χ3n) is 2.82. The Labute approximate surface area is 111 Å². The molecule has 18 heavy (non-hydrogen) atoms. The first kappa shape index (κ1) is 11.1. The van der Waals surface area contributed by atoms with Crippen molar-refractivity contribution in [2.45, 2.75) is 0 Å². The van der Waals surface area contributed by atoms with E-state index in [-0.39, 0.29) is 5.56 Å². The van der Waals surface area contributed by atoms with Crippen LogP contribution in [-0.4, -0.2) is 9.78 Å². The zero-order valence-corrected chi connectivity index (χ0v) is 10.9. The van der Waals surface area contributed by atoms with Crippen LogP contribution >= 0.6 is 15.9 Å². The lowest BCUT2D eigenvalue weighted by Gasteiger charge is -2.05. The van der Waals surface area contributed by atoms with Crippen molar-refractivity contribution in [3.05, 3.63) is 57.3 Å². The summed E-state index contributed by atoms with van der Waals surface area (Å²) in [5.74, 6) is 0. The van der Waals surface area contributed by atoms with E-state index >= 15 is 0 Å². The Balaban J connectivity index is 2.38. The molecule has 0 saturated heterocycles. The predicted octanol–water partition coefficient (Wildman–Crippen LogP) is 2.66. The number of halogens is 1. The topological polar surface area (TPSA) is 63.8 Å². The summed E-state index contributed by atoms with van der Waals surface area (Å²) in [6.07, 6.45) is 0. The lowest BCUT2D eigenvalue weighted by Crippen LogP contribution is -2.04. The van der Waals surface area contributed by atoms with Crippen molar-refractivity contribution in [1.82, 2.24) is 9.78 Å².